The Bertz CT molecular complexity index is 398. The van der Waals surface area contributed by atoms with Gasteiger partial charge >= 0.3 is 6.03 Å². The summed E-state index contributed by atoms with van der Waals surface area (Å²) < 4.78 is 0. The molecule has 2 saturated heterocycles. The lowest BCUT2D eigenvalue weighted by Crippen LogP contribution is -2.47. The first-order valence-corrected chi connectivity index (χ1v) is 9.07. The van der Waals surface area contributed by atoms with E-state index in [1.54, 1.807) is 0 Å². The quantitative estimate of drug-likeness (QED) is 0.802. The van der Waals surface area contributed by atoms with Crippen molar-refractivity contribution in [1.29, 1.82) is 0 Å². The van der Waals surface area contributed by atoms with Gasteiger partial charge in [-0.25, -0.2) is 4.79 Å². The number of carbonyl (C=O) groups is 2. The fourth-order valence-corrected chi connectivity index (χ4v) is 3.29. The fourth-order valence-electron chi connectivity index (χ4n) is 3.29. The number of hydrogen-bond donors (Lipinski definition) is 2. The Labute approximate surface area is 152 Å². The van der Waals surface area contributed by atoms with Crippen molar-refractivity contribution in [2.45, 2.75) is 39.5 Å². The largest absolute Gasteiger partial charge is 0.341 e. The first-order chi connectivity index (χ1) is 11.1. The van der Waals surface area contributed by atoms with E-state index >= 15 is 0 Å². The van der Waals surface area contributed by atoms with Crippen LogP contribution in [0.5, 0.6) is 0 Å². The van der Waals surface area contributed by atoms with Crippen LogP contribution >= 0.6 is 12.4 Å². The Morgan fingerprint density at radius 3 is 2.62 bits per heavy atom. The number of piperidine rings is 1. The predicted molar refractivity (Wildman–Crippen MR) is 98.5 cm³/mol. The van der Waals surface area contributed by atoms with Gasteiger partial charge in [-0.15, -0.1) is 12.4 Å². The van der Waals surface area contributed by atoms with Crippen LogP contribution in [0.15, 0.2) is 0 Å². The molecule has 0 spiro atoms. The lowest BCUT2D eigenvalue weighted by Gasteiger charge is -2.33. The molecule has 0 aromatic carbocycles. The molecule has 6 nitrogen and oxygen atoms in total. The Balaban J connectivity index is 0.00000288. The molecule has 1 unspecified atom stereocenters. The van der Waals surface area contributed by atoms with E-state index in [0.717, 1.165) is 52.0 Å². The van der Waals surface area contributed by atoms with Crippen LogP contribution in [0.25, 0.3) is 0 Å². The highest BCUT2D eigenvalue weighted by Crippen LogP contribution is 2.21. The second kappa shape index (κ2) is 10.8. The number of halogens is 1. The summed E-state index contributed by atoms with van der Waals surface area (Å²) in [7, 11) is 0. The van der Waals surface area contributed by atoms with E-state index < -0.39 is 0 Å². The number of amides is 3. The molecule has 1 atom stereocenters. The van der Waals surface area contributed by atoms with Gasteiger partial charge in [0.2, 0.25) is 5.91 Å². The lowest BCUT2D eigenvalue weighted by atomic mass is 9.94. The highest BCUT2D eigenvalue weighted by Gasteiger charge is 2.27. The molecule has 2 rings (SSSR count). The molecule has 0 aliphatic carbocycles. The van der Waals surface area contributed by atoms with E-state index in [1.165, 1.54) is 0 Å². The number of carbonyl (C=O) groups excluding carboxylic acids is 2. The predicted octanol–water partition coefficient (Wildman–Crippen LogP) is 1.70. The monoisotopic (exact) mass is 360 g/mol. The van der Waals surface area contributed by atoms with Gasteiger partial charge in [-0.1, -0.05) is 13.8 Å². The molecular formula is C17H33ClN4O2. The summed E-state index contributed by atoms with van der Waals surface area (Å²) in [5.41, 5.74) is 0. The molecule has 3 amide bonds. The Morgan fingerprint density at radius 1 is 1.12 bits per heavy atom. The summed E-state index contributed by atoms with van der Waals surface area (Å²) in [6, 6.07) is 0.0230. The third-order valence-corrected chi connectivity index (χ3v) is 4.62. The van der Waals surface area contributed by atoms with Gasteiger partial charge in [-0.3, -0.25) is 4.79 Å². The molecule has 2 heterocycles. The number of urea groups is 1. The molecular weight excluding hydrogens is 328 g/mol. The van der Waals surface area contributed by atoms with E-state index in [4.69, 9.17) is 0 Å². The Hall–Kier alpha value is -1.01. The highest BCUT2D eigenvalue weighted by atomic mass is 35.5. The van der Waals surface area contributed by atoms with E-state index in [2.05, 4.69) is 24.5 Å². The molecule has 140 valence electrons. The van der Waals surface area contributed by atoms with Crippen LogP contribution in [0.4, 0.5) is 4.79 Å². The van der Waals surface area contributed by atoms with Crippen LogP contribution in [-0.4, -0.2) is 67.6 Å². The molecule has 2 fully saturated rings. The zero-order chi connectivity index (χ0) is 16.7. The van der Waals surface area contributed by atoms with Gasteiger partial charge in [0.25, 0.3) is 0 Å². The van der Waals surface area contributed by atoms with Crippen molar-refractivity contribution in [2.75, 3.05) is 45.8 Å². The maximum Gasteiger partial charge on any atom is 0.317 e. The van der Waals surface area contributed by atoms with Gasteiger partial charge in [0.1, 0.15) is 0 Å². The van der Waals surface area contributed by atoms with Crippen molar-refractivity contribution >= 4 is 24.3 Å². The number of nitrogens with one attached hydrogen (secondary N) is 2. The molecule has 2 aliphatic heterocycles. The van der Waals surface area contributed by atoms with E-state index in [-0.39, 0.29) is 24.3 Å². The van der Waals surface area contributed by atoms with Crippen LogP contribution in [0, 0.1) is 11.8 Å². The number of likely N-dealkylation sites (tertiary alicyclic amines) is 1. The number of hydrogen-bond acceptors (Lipinski definition) is 3. The lowest BCUT2D eigenvalue weighted by molar-refractivity contribution is -0.132. The zero-order valence-electron chi connectivity index (χ0n) is 15.1. The molecule has 0 radical (unpaired) electrons. The van der Waals surface area contributed by atoms with E-state index in [0.29, 0.717) is 31.3 Å². The number of rotatable bonds is 4. The van der Waals surface area contributed by atoms with Gasteiger partial charge in [0, 0.05) is 45.7 Å². The van der Waals surface area contributed by atoms with Crippen LogP contribution in [0.2, 0.25) is 0 Å². The van der Waals surface area contributed by atoms with Gasteiger partial charge < -0.3 is 20.4 Å². The van der Waals surface area contributed by atoms with E-state index in [1.807, 2.05) is 9.80 Å². The summed E-state index contributed by atoms with van der Waals surface area (Å²) in [5.74, 6) is 1.01. The minimum Gasteiger partial charge on any atom is -0.341 e. The summed E-state index contributed by atoms with van der Waals surface area (Å²) in [6.07, 6.45) is 3.65. The van der Waals surface area contributed by atoms with Crippen molar-refractivity contribution in [2.24, 2.45) is 11.8 Å². The van der Waals surface area contributed by atoms with Crippen molar-refractivity contribution in [1.82, 2.24) is 20.4 Å². The van der Waals surface area contributed by atoms with E-state index in [9.17, 15) is 9.59 Å². The summed E-state index contributed by atoms with van der Waals surface area (Å²) >= 11 is 0. The molecule has 2 N–H and O–H groups in total. The second-order valence-electron chi connectivity index (χ2n) is 7.22. The minimum absolute atomic E-state index is 0. The molecule has 0 saturated carbocycles. The Morgan fingerprint density at radius 2 is 1.88 bits per heavy atom. The van der Waals surface area contributed by atoms with Crippen molar-refractivity contribution in [3.05, 3.63) is 0 Å². The maximum atomic E-state index is 12.5. The van der Waals surface area contributed by atoms with Gasteiger partial charge in [-0.2, -0.15) is 0 Å². The van der Waals surface area contributed by atoms with Gasteiger partial charge in [0.05, 0.1) is 0 Å². The average Bonchev–Trinajstić information content (AvgIpc) is 2.82. The maximum absolute atomic E-state index is 12.5. The normalized spacial score (nSPS) is 21.9. The SMILES string of the molecule is CC(C)CNC(=O)N1CCCC(CC(=O)N2CCCNCC2)C1.Cl. The van der Waals surface area contributed by atoms with Crippen LogP contribution in [-0.2, 0) is 4.79 Å². The molecule has 24 heavy (non-hydrogen) atoms. The van der Waals surface area contributed by atoms with Gasteiger partial charge in [-0.05, 0) is 37.6 Å². The fraction of sp³-hybridized carbons (Fsp3) is 0.882. The Kier molecular flexibility index (Phi) is 9.44. The molecule has 7 heteroatoms. The molecule has 2 aliphatic rings. The average molecular weight is 361 g/mol. The third-order valence-electron chi connectivity index (χ3n) is 4.62. The zero-order valence-corrected chi connectivity index (χ0v) is 15.9. The van der Waals surface area contributed by atoms with Gasteiger partial charge in [0.15, 0.2) is 0 Å². The molecule has 0 bridgehead atoms. The molecule has 0 aromatic heterocycles. The standard InChI is InChI=1S/C17H32N4O2.ClH/c1-14(2)12-19-17(23)21-8-3-5-15(13-21)11-16(22)20-9-4-6-18-7-10-20;/h14-15,18H,3-13H2,1-2H3,(H,19,23);1H. The van der Waals surface area contributed by atoms with Crippen LogP contribution in [0.1, 0.15) is 39.5 Å². The van der Waals surface area contributed by atoms with Crippen LogP contribution < -0.4 is 10.6 Å². The third kappa shape index (κ3) is 6.85. The molecule has 0 aromatic rings. The summed E-state index contributed by atoms with van der Waals surface area (Å²) in [6.45, 7) is 9.96. The minimum atomic E-state index is 0. The smallest absolute Gasteiger partial charge is 0.317 e. The summed E-state index contributed by atoms with van der Waals surface area (Å²) in [4.78, 5) is 28.5. The van der Waals surface area contributed by atoms with Crippen LogP contribution in [0.3, 0.4) is 0 Å². The van der Waals surface area contributed by atoms with Crippen molar-refractivity contribution in [3.63, 3.8) is 0 Å². The summed E-state index contributed by atoms with van der Waals surface area (Å²) in [5, 5.41) is 6.31. The first-order valence-electron chi connectivity index (χ1n) is 9.07. The second-order valence-corrected chi connectivity index (χ2v) is 7.22. The van der Waals surface area contributed by atoms with Crippen molar-refractivity contribution < 1.29 is 9.59 Å². The topological polar surface area (TPSA) is 64.7 Å². The number of nitrogens with zero attached hydrogens (tertiary/aromatic N) is 2. The first kappa shape index (κ1) is 21.0. The van der Waals surface area contributed by atoms with Crippen molar-refractivity contribution in [3.8, 4) is 0 Å². The highest BCUT2D eigenvalue weighted by molar-refractivity contribution is 5.85.